The molecule has 0 heterocycles. The summed E-state index contributed by atoms with van der Waals surface area (Å²) >= 11 is 12.1. The Bertz CT molecular complexity index is 545. The van der Waals surface area contributed by atoms with Crippen LogP contribution in [-0.4, -0.2) is 10.1 Å². The Labute approximate surface area is 115 Å². The number of hydrogen-bond donors (Lipinski definition) is 2. The van der Waals surface area contributed by atoms with Crippen molar-refractivity contribution >= 4 is 34.7 Å². The highest BCUT2D eigenvalue weighted by atomic mass is 35.5. The maximum Gasteiger partial charge on any atom is 0.189 e. The monoisotopic (exact) mass is 282 g/mol. The van der Waals surface area contributed by atoms with Gasteiger partial charge in [-0.25, -0.2) is 0 Å². The molecule has 0 bridgehead atoms. The second-order valence-electron chi connectivity index (χ2n) is 4.15. The SMILES string of the molecule is NC1=CC=C(C(=O)c2ccc(N)cc2)CC1(Cl)Cl. The van der Waals surface area contributed by atoms with Gasteiger partial charge < -0.3 is 11.5 Å². The standard InChI is InChI=1S/C13H12Cl2N2O/c14-13(15)7-9(3-6-11(13)17)12(18)8-1-4-10(16)5-2-8/h1-6H,7,16-17H2. The number of hydrogen-bond acceptors (Lipinski definition) is 3. The average Bonchev–Trinajstić information content (AvgIpc) is 2.33. The van der Waals surface area contributed by atoms with Gasteiger partial charge >= 0.3 is 0 Å². The molecule has 5 heteroatoms. The summed E-state index contributed by atoms with van der Waals surface area (Å²) in [5.41, 5.74) is 13.3. The van der Waals surface area contributed by atoms with Gasteiger partial charge in [-0.2, -0.15) is 0 Å². The number of nitrogen functional groups attached to an aromatic ring is 1. The van der Waals surface area contributed by atoms with Crippen LogP contribution in [-0.2, 0) is 0 Å². The normalized spacial score (nSPS) is 17.9. The molecule has 0 fully saturated rings. The quantitative estimate of drug-likeness (QED) is 0.498. The molecule has 4 N–H and O–H groups in total. The number of anilines is 1. The van der Waals surface area contributed by atoms with E-state index in [9.17, 15) is 4.79 Å². The number of halogens is 2. The Balaban J connectivity index is 2.28. The molecule has 94 valence electrons. The Hall–Kier alpha value is -1.45. The van der Waals surface area contributed by atoms with E-state index in [0.29, 0.717) is 22.5 Å². The molecule has 0 spiro atoms. The van der Waals surface area contributed by atoms with Crippen LogP contribution in [0.15, 0.2) is 47.7 Å². The van der Waals surface area contributed by atoms with E-state index in [0.717, 1.165) is 0 Å². The number of benzene rings is 1. The van der Waals surface area contributed by atoms with Crippen LogP contribution in [0.5, 0.6) is 0 Å². The fourth-order valence-electron chi connectivity index (χ4n) is 1.69. The summed E-state index contributed by atoms with van der Waals surface area (Å²) in [6, 6.07) is 6.69. The molecule has 1 aromatic carbocycles. The van der Waals surface area contributed by atoms with E-state index in [-0.39, 0.29) is 12.2 Å². The van der Waals surface area contributed by atoms with Crippen molar-refractivity contribution in [3.63, 3.8) is 0 Å². The van der Waals surface area contributed by atoms with Crippen molar-refractivity contribution in [3.8, 4) is 0 Å². The van der Waals surface area contributed by atoms with Gasteiger partial charge in [0.15, 0.2) is 10.1 Å². The van der Waals surface area contributed by atoms with Crippen LogP contribution in [0.4, 0.5) is 5.69 Å². The molecule has 1 aromatic rings. The first-order valence-corrected chi connectivity index (χ1v) is 6.10. The number of alkyl halides is 2. The zero-order valence-corrected chi connectivity index (χ0v) is 11.0. The molecule has 0 amide bonds. The minimum atomic E-state index is -1.21. The first kappa shape index (κ1) is 13.0. The minimum absolute atomic E-state index is 0.121. The van der Waals surface area contributed by atoms with Gasteiger partial charge in [-0.05, 0) is 30.3 Å². The molecule has 0 aromatic heterocycles. The molecular weight excluding hydrogens is 271 g/mol. The smallest absolute Gasteiger partial charge is 0.189 e. The predicted octanol–water partition coefficient (Wildman–Crippen LogP) is 2.80. The van der Waals surface area contributed by atoms with E-state index in [2.05, 4.69) is 0 Å². The third-order valence-electron chi connectivity index (χ3n) is 2.76. The molecular formula is C13H12Cl2N2O. The number of ketones is 1. The first-order valence-electron chi connectivity index (χ1n) is 5.35. The van der Waals surface area contributed by atoms with Crippen LogP contribution >= 0.6 is 23.2 Å². The Kier molecular flexibility index (Phi) is 3.37. The average molecular weight is 283 g/mol. The van der Waals surface area contributed by atoms with Crippen LogP contribution < -0.4 is 11.5 Å². The zero-order chi connectivity index (χ0) is 13.3. The van der Waals surface area contributed by atoms with Gasteiger partial charge in [0.1, 0.15) is 0 Å². The number of Topliss-reactive ketones (excluding diaryl/α,β-unsaturated/α-hetero) is 1. The molecule has 0 atom stereocenters. The molecule has 1 aliphatic rings. The fourth-order valence-corrected chi connectivity index (χ4v) is 2.10. The molecule has 0 unspecified atom stereocenters. The number of nitrogens with two attached hydrogens (primary N) is 2. The lowest BCUT2D eigenvalue weighted by Crippen LogP contribution is -2.27. The Morgan fingerprint density at radius 1 is 1.11 bits per heavy atom. The van der Waals surface area contributed by atoms with Gasteiger partial charge in [0.2, 0.25) is 0 Å². The Morgan fingerprint density at radius 3 is 2.28 bits per heavy atom. The van der Waals surface area contributed by atoms with E-state index >= 15 is 0 Å². The van der Waals surface area contributed by atoms with E-state index in [1.165, 1.54) is 0 Å². The molecule has 2 rings (SSSR count). The predicted molar refractivity (Wildman–Crippen MR) is 74.6 cm³/mol. The molecule has 3 nitrogen and oxygen atoms in total. The van der Waals surface area contributed by atoms with Gasteiger partial charge in [0, 0.05) is 28.9 Å². The maximum absolute atomic E-state index is 12.2. The third kappa shape index (κ3) is 2.52. The van der Waals surface area contributed by atoms with Gasteiger partial charge in [-0.3, -0.25) is 4.79 Å². The van der Waals surface area contributed by atoms with E-state index in [1.807, 2.05) is 0 Å². The summed E-state index contributed by atoms with van der Waals surface area (Å²) in [6.45, 7) is 0. The van der Waals surface area contributed by atoms with Crippen LogP contribution in [0, 0.1) is 0 Å². The van der Waals surface area contributed by atoms with E-state index < -0.39 is 4.33 Å². The number of allylic oxidation sites excluding steroid dienone is 4. The topological polar surface area (TPSA) is 69.1 Å². The molecule has 18 heavy (non-hydrogen) atoms. The van der Waals surface area contributed by atoms with Crippen molar-refractivity contribution in [2.45, 2.75) is 10.8 Å². The highest BCUT2D eigenvalue weighted by molar-refractivity contribution is 6.50. The summed E-state index contributed by atoms with van der Waals surface area (Å²) in [5, 5.41) is 0. The van der Waals surface area contributed by atoms with Crippen molar-refractivity contribution in [2.75, 3.05) is 5.73 Å². The van der Waals surface area contributed by atoms with Gasteiger partial charge in [0.25, 0.3) is 0 Å². The van der Waals surface area contributed by atoms with E-state index in [4.69, 9.17) is 34.7 Å². The maximum atomic E-state index is 12.2. The summed E-state index contributed by atoms with van der Waals surface area (Å²) in [6.07, 6.45) is 3.41. The molecule has 0 saturated carbocycles. The van der Waals surface area contributed by atoms with Crippen molar-refractivity contribution < 1.29 is 4.79 Å². The molecule has 0 aliphatic heterocycles. The van der Waals surface area contributed by atoms with Crippen molar-refractivity contribution in [3.05, 3.63) is 53.3 Å². The fraction of sp³-hybridized carbons (Fsp3) is 0.154. The zero-order valence-electron chi connectivity index (χ0n) is 9.49. The summed E-state index contributed by atoms with van der Waals surface area (Å²) in [5.74, 6) is -0.121. The molecule has 1 aliphatic carbocycles. The van der Waals surface area contributed by atoms with Gasteiger partial charge in [-0.1, -0.05) is 29.3 Å². The summed E-state index contributed by atoms with van der Waals surface area (Å²) < 4.78 is -1.21. The highest BCUT2D eigenvalue weighted by Crippen LogP contribution is 2.37. The molecule has 0 radical (unpaired) electrons. The van der Waals surface area contributed by atoms with Gasteiger partial charge in [0.05, 0.1) is 0 Å². The van der Waals surface area contributed by atoms with Crippen molar-refractivity contribution in [1.82, 2.24) is 0 Å². The number of carbonyl (C=O) groups excluding carboxylic acids is 1. The second-order valence-corrected chi connectivity index (χ2v) is 5.63. The van der Waals surface area contributed by atoms with Crippen molar-refractivity contribution in [2.24, 2.45) is 5.73 Å². The molecule has 0 saturated heterocycles. The Morgan fingerprint density at radius 2 is 1.72 bits per heavy atom. The summed E-state index contributed by atoms with van der Waals surface area (Å²) in [7, 11) is 0. The second kappa shape index (κ2) is 4.67. The highest BCUT2D eigenvalue weighted by Gasteiger charge is 2.33. The van der Waals surface area contributed by atoms with Crippen LogP contribution in [0.1, 0.15) is 16.8 Å². The van der Waals surface area contributed by atoms with Crippen molar-refractivity contribution in [1.29, 1.82) is 0 Å². The number of carbonyl (C=O) groups is 1. The third-order valence-corrected chi connectivity index (χ3v) is 3.47. The van der Waals surface area contributed by atoms with Crippen LogP contribution in [0.2, 0.25) is 0 Å². The van der Waals surface area contributed by atoms with Crippen LogP contribution in [0.25, 0.3) is 0 Å². The lowest BCUT2D eigenvalue weighted by molar-refractivity contribution is 0.103. The largest absolute Gasteiger partial charge is 0.400 e. The number of rotatable bonds is 2. The first-order chi connectivity index (χ1) is 8.40. The minimum Gasteiger partial charge on any atom is -0.400 e. The van der Waals surface area contributed by atoms with Gasteiger partial charge in [-0.15, -0.1) is 0 Å². The van der Waals surface area contributed by atoms with E-state index in [1.54, 1.807) is 36.4 Å². The van der Waals surface area contributed by atoms with Crippen LogP contribution in [0.3, 0.4) is 0 Å². The lowest BCUT2D eigenvalue weighted by atomic mass is 9.94. The lowest BCUT2D eigenvalue weighted by Gasteiger charge is -2.24. The summed E-state index contributed by atoms with van der Waals surface area (Å²) in [4.78, 5) is 12.2.